The quantitative estimate of drug-likeness (QED) is 0.350. The van der Waals surface area contributed by atoms with Crippen LogP contribution in [0.1, 0.15) is 47.2 Å². The number of amides is 2. The van der Waals surface area contributed by atoms with Crippen molar-refractivity contribution in [2.75, 3.05) is 0 Å². The number of carbonyl (C=O) groups excluding carboxylic acids is 2. The minimum Gasteiger partial charge on any atom is -0.349 e. The summed E-state index contributed by atoms with van der Waals surface area (Å²) in [5.41, 5.74) is 8.43. The van der Waals surface area contributed by atoms with Gasteiger partial charge in [0.1, 0.15) is 11.9 Å². The molecule has 1 heterocycles. The molecule has 7 heteroatoms. The Hall–Kier alpha value is -3.63. The Morgan fingerprint density at radius 3 is 2.23 bits per heavy atom. The number of halogens is 1. The third kappa shape index (κ3) is 8.27. The second-order valence-electron chi connectivity index (χ2n) is 8.73. The van der Waals surface area contributed by atoms with Gasteiger partial charge in [0, 0.05) is 11.3 Å². The number of rotatable bonds is 7. The van der Waals surface area contributed by atoms with Gasteiger partial charge in [-0.15, -0.1) is 16.4 Å². The van der Waals surface area contributed by atoms with Gasteiger partial charge >= 0.3 is 12.0 Å². The fraction of sp³-hybridized carbons (Fsp3) is 0.286. The zero-order valence-electron chi connectivity index (χ0n) is 20.1. The van der Waals surface area contributed by atoms with Crippen LogP contribution in [0.3, 0.4) is 0 Å². The first-order valence-electron chi connectivity index (χ1n) is 11.4. The second-order valence-corrected chi connectivity index (χ2v) is 9.90. The number of hydrogen-bond donors (Lipinski definition) is 1. The molecule has 2 N–H and O–H groups in total. The average molecular weight is 493 g/mol. The minimum atomic E-state index is -0.893. The number of carbonyl (C=O) groups is 2. The van der Waals surface area contributed by atoms with Crippen LogP contribution in [0.2, 0.25) is 0 Å². The van der Waals surface area contributed by atoms with Gasteiger partial charge in [-0.1, -0.05) is 62.1 Å². The lowest BCUT2D eigenvalue weighted by molar-refractivity contribution is -0.178. The van der Waals surface area contributed by atoms with Crippen molar-refractivity contribution < 1.29 is 18.8 Å². The highest BCUT2D eigenvalue weighted by Crippen LogP contribution is 2.20. The molecule has 0 bridgehead atoms. The first-order chi connectivity index (χ1) is 16.7. The Morgan fingerprint density at radius 1 is 0.971 bits per heavy atom. The summed E-state index contributed by atoms with van der Waals surface area (Å²) in [6, 6.07) is 16.4. The molecule has 0 aliphatic carbocycles. The van der Waals surface area contributed by atoms with Gasteiger partial charge in [0.15, 0.2) is 0 Å². The molecule has 182 valence electrons. The molecule has 1 atom stereocenters. The van der Waals surface area contributed by atoms with Gasteiger partial charge in [-0.05, 0) is 60.2 Å². The Balaban J connectivity index is 1.58. The number of thiophene rings is 1. The standard InChI is InChI=1S/C28H29FN2O3S/c1-19(2)16-21-5-7-23(8-6-21)18-27(32)34-31(28(30)33)20(3)4-13-25-14-15-26(35-25)17-22-9-11-24(29)12-10-22/h5-12,14-15,19-20H,16-18H2,1-3H3,(H2,30,33). The van der Waals surface area contributed by atoms with E-state index in [1.807, 2.05) is 36.4 Å². The highest BCUT2D eigenvalue weighted by molar-refractivity contribution is 7.12. The van der Waals surface area contributed by atoms with E-state index < -0.39 is 18.0 Å². The van der Waals surface area contributed by atoms with Crippen molar-refractivity contribution in [1.29, 1.82) is 0 Å². The number of nitrogens with zero attached hydrogens (tertiary/aromatic N) is 1. The summed E-state index contributed by atoms with van der Waals surface area (Å²) in [6.45, 7) is 5.94. The molecule has 1 unspecified atom stereocenters. The maximum absolute atomic E-state index is 13.1. The number of hydroxylamine groups is 2. The van der Waals surface area contributed by atoms with Crippen LogP contribution in [-0.4, -0.2) is 23.1 Å². The molecule has 3 aromatic rings. The van der Waals surface area contributed by atoms with Gasteiger partial charge in [-0.3, -0.25) is 0 Å². The van der Waals surface area contributed by atoms with Crippen molar-refractivity contribution in [2.45, 2.75) is 46.1 Å². The van der Waals surface area contributed by atoms with Gasteiger partial charge in [0.25, 0.3) is 0 Å². The summed E-state index contributed by atoms with van der Waals surface area (Å²) >= 11 is 1.50. The SMILES string of the molecule is CC(C)Cc1ccc(CC(=O)ON(C(N)=O)C(C)C#Cc2ccc(Cc3ccc(F)cc3)s2)cc1. The minimum absolute atomic E-state index is 0.0174. The van der Waals surface area contributed by atoms with Crippen molar-refractivity contribution in [3.63, 3.8) is 0 Å². The van der Waals surface area contributed by atoms with E-state index in [4.69, 9.17) is 10.6 Å². The number of hydrogen-bond acceptors (Lipinski definition) is 4. The van der Waals surface area contributed by atoms with Gasteiger partial charge in [0.05, 0.1) is 11.3 Å². The van der Waals surface area contributed by atoms with Gasteiger partial charge in [-0.25, -0.2) is 14.0 Å². The van der Waals surface area contributed by atoms with Crippen LogP contribution in [0.5, 0.6) is 0 Å². The van der Waals surface area contributed by atoms with Gasteiger partial charge in [0.2, 0.25) is 0 Å². The smallest absolute Gasteiger partial charge is 0.349 e. The highest BCUT2D eigenvalue weighted by atomic mass is 32.1. The number of benzene rings is 2. The lowest BCUT2D eigenvalue weighted by atomic mass is 10.0. The predicted molar refractivity (Wildman–Crippen MR) is 136 cm³/mol. The molecule has 0 aliphatic rings. The lowest BCUT2D eigenvalue weighted by Gasteiger charge is -2.21. The fourth-order valence-corrected chi connectivity index (χ4v) is 4.37. The Kier molecular flexibility index (Phi) is 9.04. The van der Waals surface area contributed by atoms with Crippen molar-refractivity contribution in [3.05, 3.63) is 92.9 Å². The van der Waals surface area contributed by atoms with E-state index >= 15 is 0 Å². The summed E-state index contributed by atoms with van der Waals surface area (Å²) in [5.74, 6) is 5.62. The molecule has 0 saturated carbocycles. The topological polar surface area (TPSA) is 72.6 Å². The molecule has 0 saturated heterocycles. The number of nitrogens with two attached hydrogens (primary N) is 1. The summed E-state index contributed by atoms with van der Waals surface area (Å²) in [6.07, 6.45) is 1.66. The third-order valence-electron chi connectivity index (χ3n) is 5.14. The Labute approximate surface area is 209 Å². The molecule has 0 radical (unpaired) electrons. The monoisotopic (exact) mass is 492 g/mol. The summed E-state index contributed by atoms with van der Waals surface area (Å²) in [4.78, 5) is 31.4. The number of urea groups is 1. The summed E-state index contributed by atoms with van der Waals surface area (Å²) in [7, 11) is 0. The van der Waals surface area contributed by atoms with Crippen molar-refractivity contribution in [1.82, 2.24) is 5.06 Å². The van der Waals surface area contributed by atoms with Crippen molar-refractivity contribution in [2.24, 2.45) is 11.7 Å². The fourth-order valence-electron chi connectivity index (χ4n) is 3.47. The zero-order valence-corrected chi connectivity index (χ0v) is 20.9. The van der Waals surface area contributed by atoms with Crippen LogP contribution >= 0.6 is 11.3 Å². The van der Waals surface area contributed by atoms with Crippen molar-refractivity contribution >= 4 is 23.3 Å². The van der Waals surface area contributed by atoms with Crippen LogP contribution in [0.4, 0.5) is 9.18 Å². The van der Waals surface area contributed by atoms with E-state index in [0.29, 0.717) is 12.3 Å². The summed E-state index contributed by atoms with van der Waals surface area (Å²) < 4.78 is 13.1. The maximum Gasteiger partial charge on any atom is 0.349 e. The average Bonchev–Trinajstić information content (AvgIpc) is 3.25. The van der Waals surface area contributed by atoms with Crippen LogP contribution in [-0.2, 0) is 28.9 Å². The molecule has 35 heavy (non-hydrogen) atoms. The van der Waals surface area contributed by atoms with Gasteiger partial charge < -0.3 is 10.6 Å². The molecule has 0 spiro atoms. The van der Waals surface area contributed by atoms with E-state index in [1.165, 1.54) is 29.0 Å². The maximum atomic E-state index is 13.1. The second kappa shape index (κ2) is 12.2. The highest BCUT2D eigenvalue weighted by Gasteiger charge is 2.21. The molecule has 2 aromatic carbocycles. The van der Waals surface area contributed by atoms with Crippen LogP contribution in [0.25, 0.3) is 0 Å². The lowest BCUT2D eigenvalue weighted by Crippen LogP contribution is -2.43. The Bertz CT molecular complexity index is 1210. The van der Waals surface area contributed by atoms with Crippen LogP contribution < -0.4 is 5.73 Å². The van der Waals surface area contributed by atoms with E-state index in [-0.39, 0.29) is 12.2 Å². The third-order valence-corrected chi connectivity index (χ3v) is 6.14. The first kappa shape index (κ1) is 26.0. The van der Waals surface area contributed by atoms with Crippen LogP contribution in [0.15, 0.2) is 60.7 Å². The summed E-state index contributed by atoms with van der Waals surface area (Å²) in [5, 5.41) is 0.801. The van der Waals surface area contributed by atoms with E-state index in [1.54, 1.807) is 19.1 Å². The van der Waals surface area contributed by atoms with E-state index in [0.717, 1.165) is 32.4 Å². The zero-order chi connectivity index (χ0) is 25.4. The molecule has 2 amide bonds. The molecule has 3 rings (SSSR count). The van der Waals surface area contributed by atoms with Gasteiger partial charge in [-0.2, -0.15) is 0 Å². The first-order valence-corrected chi connectivity index (χ1v) is 12.2. The molecule has 1 aromatic heterocycles. The van der Waals surface area contributed by atoms with E-state index in [2.05, 4.69) is 25.7 Å². The van der Waals surface area contributed by atoms with E-state index in [9.17, 15) is 14.0 Å². The Morgan fingerprint density at radius 2 is 1.60 bits per heavy atom. The number of primary amides is 1. The normalized spacial score (nSPS) is 11.5. The predicted octanol–water partition coefficient (Wildman–Crippen LogP) is 5.50. The van der Waals surface area contributed by atoms with Crippen molar-refractivity contribution in [3.8, 4) is 11.8 Å². The molecule has 5 nitrogen and oxygen atoms in total. The molecular weight excluding hydrogens is 463 g/mol. The molecular formula is C28H29FN2O3S. The van der Waals surface area contributed by atoms with Crippen LogP contribution in [0, 0.1) is 23.6 Å². The molecule has 0 aliphatic heterocycles. The molecule has 0 fully saturated rings. The largest absolute Gasteiger partial charge is 0.349 e.